The Labute approximate surface area is 176 Å². The van der Waals surface area contributed by atoms with Gasteiger partial charge in [0.1, 0.15) is 5.52 Å². The number of hydrogen-bond donors (Lipinski definition) is 3. The van der Waals surface area contributed by atoms with Crippen LogP contribution in [0.2, 0.25) is 10.0 Å². The second-order valence-electron chi connectivity index (χ2n) is 6.77. The van der Waals surface area contributed by atoms with Crippen LogP contribution in [0.3, 0.4) is 0 Å². The van der Waals surface area contributed by atoms with Crippen molar-refractivity contribution in [3.63, 3.8) is 0 Å². The molecule has 29 heavy (non-hydrogen) atoms. The van der Waals surface area contributed by atoms with Crippen molar-refractivity contribution in [2.75, 3.05) is 18.4 Å². The van der Waals surface area contributed by atoms with E-state index < -0.39 is 0 Å². The Morgan fingerprint density at radius 1 is 1.03 bits per heavy atom. The quantitative estimate of drug-likeness (QED) is 0.497. The predicted molar refractivity (Wildman–Crippen MR) is 112 cm³/mol. The number of amides is 3. The number of fused-ring (bicyclic) bond motifs is 1. The smallest absolute Gasteiger partial charge is 0.319 e. The minimum absolute atomic E-state index is 0.261. The molecule has 150 valence electrons. The lowest BCUT2D eigenvalue weighted by atomic mass is 10.2. The largest absolute Gasteiger partial charge is 0.440 e. The maximum Gasteiger partial charge on any atom is 0.319 e. The minimum Gasteiger partial charge on any atom is -0.440 e. The van der Waals surface area contributed by atoms with Crippen molar-refractivity contribution in [1.29, 1.82) is 0 Å². The van der Waals surface area contributed by atoms with Gasteiger partial charge in [0, 0.05) is 30.3 Å². The summed E-state index contributed by atoms with van der Waals surface area (Å²) in [5.41, 5.74) is 2.45. The Kier molecular flexibility index (Phi) is 5.60. The van der Waals surface area contributed by atoms with Crippen LogP contribution in [0.1, 0.15) is 35.0 Å². The summed E-state index contributed by atoms with van der Waals surface area (Å²) < 4.78 is 5.71. The summed E-state index contributed by atoms with van der Waals surface area (Å²) in [5, 5.41) is 8.83. The molecule has 3 N–H and O–H groups in total. The second-order valence-corrected chi connectivity index (χ2v) is 7.59. The van der Waals surface area contributed by atoms with Gasteiger partial charge in [0.15, 0.2) is 11.5 Å². The number of nitrogens with zero attached hydrogens (tertiary/aromatic N) is 1. The van der Waals surface area contributed by atoms with Crippen LogP contribution in [0.25, 0.3) is 11.1 Å². The molecule has 3 amide bonds. The Balaban J connectivity index is 1.24. The molecule has 1 aliphatic carbocycles. The topological polar surface area (TPSA) is 96.3 Å². The highest BCUT2D eigenvalue weighted by Crippen LogP contribution is 2.40. The van der Waals surface area contributed by atoms with Gasteiger partial charge in [0.05, 0.1) is 10.0 Å². The van der Waals surface area contributed by atoms with Crippen LogP contribution in [0.5, 0.6) is 0 Å². The van der Waals surface area contributed by atoms with Crippen molar-refractivity contribution in [1.82, 2.24) is 15.6 Å². The highest BCUT2D eigenvalue weighted by molar-refractivity contribution is 6.42. The van der Waals surface area contributed by atoms with Crippen LogP contribution >= 0.6 is 23.2 Å². The molecule has 0 saturated heterocycles. The van der Waals surface area contributed by atoms with Crippen LogP contribution in [0, 0.1) is 0 Å². The fourth-order valence-electron chi connectivity index (χ4n) is 2.79. The number of halogens is 2. The molecule has 1 heterocycles. The molecule has 7 nitrogen and oxygen atoms in total. The molecule has 3 aromatic rings. The number of urea groups is 1. The third-order valence-corrected chi connectivity index (χ3v) is 5.21. The molecule has 1 aliphatic rings. The molecule has 0 spiro atoms. The Morgan fingerprint density at radius 3 is 2.59 bits per heavy atom. The molecule has 0 radical (unpaired) electrons. The van der Waals surface area contributed by atoms with Gasteiger partial charge >= 0.3 is 6.03 Å². The third-order valence-electron chi connectivity index (χ3n) is 4.47. The fraction of sp³-hybridized carbons (Fsp3) is 0.250. The summed E-state index contributed by atoms with van der Waals surface area (Å²) in [5.74, 6) is 0.897. The highest BCUT2D eigenvalue weighted by Gasteiger charge is 2.28. The number of carbonyl (C=O) groups excluding carboxylic acids is 2. The maximum atomic E-state index is 12.1. The monoisotopic (exact) mass is 432 g/mol. The van der Waals surface area contributed by atoms with E-state index in [1.165, 1.54) is 6.07 Å². The number of oxazole rings is 1. The molecule has 1 saturated carbocycles. The number of anilines is 1. The summed E-state index contributed by atoms with van der Waals surface area (Å²) in [6, 6.07) is 9.59. The Bertz CT molecular complexity index is 1080. The van der Waals surface area contributed by atoms with Crippen molar-refractivity contribution in [3.8, 4) is 0 Å². The molecule has 2 aromatic carbocycles. The fourth-order valence-corrected chi connectivity index (χ4v) is 3.09. The number of benzene rings is 2. The number of rotatable bonds is 6. The average Bonchev–Trinajstić information content (AvgIpc) is 3.46. The van der Waals surface area contributed by atoms with E-state index in [9.17, 15) is 9.59 Å². The first-order valence-corrected chi connectivity index (χ1v) is 9.94. The summed E-state index contributed by atoms with van der Waals surface area (Å²) in [6.07, 6.45) is 2.23. The van der Waals surface area contributed by atoms with Crippen LogP contribution in [-0.4, -0.2) is 30.0 Å². The number of hydrogen-bond acceptors (Lipinski definition) is 4. The lowest BCUT2D eigenvalue weighted by Gasteiger charge is -2.09. The lowest BCUT2D eigenvalue weighted by Crippen LogP contribution is -2.36. The van der Waals surface area contributed by atoms with Crippen molar-refractivity contribution in [3.05, 3.63) is 57.9 Å². The molecule has 9 heteroatoms. The third kappa shape index (κ3) is 4.81. The van der Waals surface area contributed by atoms with Gasteiger partial charge in [0.2, 0.25) is 0 Å². The molecular weight excluding hydrogens is 415 g/mol. The number of carbonyl (C=O) groups is 2. The van der Waals surface area contributed by atoms with E-state index in [0.29, 0.717) is 32.8 Å². The summed E-state index contributed by atoms with van der Waals surface area (Å²) >= 11 is 11.7. The highest BCUT2D eigenvalue weighted by atomic mass is 35.5. The van der Waals surface area contributed by atoms with E-state index in [1.54, 1.807) is 30.3 Å². The predicted octanol–water partition coefficient (Wildman–Crippen LogP) is 4.56. The molecule has 0 atom stereocenters. The molecule has 0 aliphatic heterocycles. The van der Waals surface area contributed by atoms with E-state index in [2.05, 4.69) is 20.9 Å². The zero-order valence-corrected chi connectivity index (χ0v) is 16.8. The first-order chi connectivity index (χ1) is 14.0. The van der Waals surface area contributed by atoms with E-state index in [4.69, 9.17) is 27.6 Å². The van der Waals surface area contributed by atoms with Crippen LogP contribution < -0.4 is 16.0 Å². The SMILES string of the molecule is O=C(NCCNC(=O)c1ccc(Cl)c(Cl)c1)Nc1ccc2oc(C3CC3)nc2c1. The maximum absolute atomic E-state index is 12.1. The molecular formula is C20H18Cl2N4O3. The lowest BCUT2D eigenvalue weighted by molar-refractivity contribution is 0.0954. The first-order valence-electron chi connectivity index (χ1n) is 9.18. The number of nitrogens with one attached hydrogen (secondary N) is 3. The van der Waals surface area contributed by atoms with Crippen molar-refractivity contribution < 1.29 is 14.0 Å². The van der Waals surface area contributed by atoms with Crippen molar-refractivity contribution in [2.45, 2.75) is 18.8 Å². The molecule has 1 fully saturated rings. The van der Waals surface area contributed by atoms with Gasteiger partial charge in [-0.05, 0) is 49.2 Å². The summed E-state index contributed by atoms with van der Waals surface area (Å²) in [4.78, 5) is 28.6. The van der Waals surface area contributed by atoms with Gasteiger partial charge < -0.3 is 20.4 Å². The van der Waals surface area contributed by atoms with E-state index in [0.717, 1.165) is 24.2 Å². The Hall–Kier alpha value is -2.77. The Morgan fingerprint density at radius 2 is 1.83 bits per heavy atom. The van der Waals surface area contributed by atoms with Gasteiger partial charge in [-0.15, -0.1) is 0 Å². The van der Waals surface area contributed by atoms with Crippen molar-refractivity contribution >= 4 is 51.9 Å². The average molecular weight is 433 g/mol. The van der Waals surface area contributed by atoms with Gasteiger partial charge in [0.25, 0.3) is 5.91 Å². The zero-order valence-electron chi connectivity index (χ0n) is 15.3. The van der Waals surface area contributed by atoms with E-state index in [1.807, 2.05) is 0 Å². The summed E-state index contributed by atoms with van der Waals surface area (Å²) in [7, 11) is 0. The molecule has 4 rings (SSSR count). The van der Waals surface area contributed by atoms with Gasteiger partial charge in [-0.1, -0.05) is 23.2 Å². The summed E-state index contributed by atoms with van der Waals surface area (Å²) in [6.45, 7) is 0.524. The van der Waals surface area contributed by atoms with Crippen LogP contribution in [-0.2, 0) is 0 Å². The van der Waals surface area contributed by atoms with Crippen molar-refractivity contribution in [2.24, 2.45) is 0 Å². The van der Waals surface area contributed by atoms with Gasteiger partial charge in [-0.25, -0.2) is 9.78 Å². The van der Waals surface area contributed by atoms with E-state index in [-0.39, 0.29) is 25.0 Å². The minimum atomic E-state index is -0.376. The zero-order chi connectivity index (χ0) is 20.4. The standard InChI is InChI=1S/C20H18Cl2N4O3/c21-14-5-3-12(9-15(14)22)18(27)23-7-8-24-20(28)25-13-4-6-17-16(10-13)26-19(29-17)11-1-2-11/h3-6,9-11H,1-2,7-8H2,(H,23,27)(H2,24,25,28). The van der Waals surface area contributed by atoms with Gasteiger partial charge in [-0.2, -0.15) is 0 Å². The molecule has 0 unspecified atom stereocenters. The second kappa shape index (κ2) is 8.31. The molecule has 0 bridgehead atoms. The van der Waals surface area contributed by atoms with Gasteiger partial charge in [-0.3, -0.25) is 4.79 Å². The first kappa shape index (κ1) is 19.5. The van der Waals surface area contributed by atoms with E-state index >= 15 is 0 Å². The normalized spacial score (nSPS) is 13.3. The van der Waals surface area contributed by atoms with Crippen LogP contribution in [0.4, 0.5) is 10.5 Å². The van der Waals surface area contributed by atoms with Crippen LogP contribution in [0.15, 0.2) is 40.8 Å². The molecule has 1 aromatic heterocycles. The number of aromatic nitrogens is 1.